The van der Waals surface area contributed by atoms with E-state index in [2.05, 4.69) is 35.5 Å². The van der Waals surface area contributed by atoms with E-state index in [0.717, 1.165) is 70.6 Å². The van der Waals surface area contributed by atoms with Crippen LogP contribution in [0.3, 0.4) is 0 Å². The molecule has 1 aliphatic carbocycles. The Hall–Kier alpha value is -1.40. The molecule has 3 atom stereocenters. The van der Waals surface area contributed by atoms with Crippen LogP contribution in [-0.4, -0.2) is 84.4 Å². The third kappa shape index (κ3) is 5.82. The normalized spacial score (nSPS) is 28.8. The molecule has 3 rings (SSSR count). The van der Waals surface area contributed by atoms with Crippen LogP contribution in [0.4, 0.5) is 4.79 Å². The number of carbonyl (C=O) groups is 2. The number of fused-ring (bicyclic) bond motifs is 1. The number of nitrogens with one attached hydrogen (secondary N) is 1. The molecule has 164 valence electrons. The van der Waals surface area contributed by atoms with Gasteiger partial charge in [-0.05, 0) is 70.2 Å². The van der Waals surface area contributed by atoms with Crippen molar-refractivity contribution in [3.05, 3.63) is 12.2 Å². The first-order valence-electron chi connectivity index (χ1n) is 11.7. The Morgan fingerprint density at radius 1 is 1.17 bits per heavy atom. The van der Waals surface area contributed by atoms with Crippen LogP contribution < -0.4 is 5.32 Å². The molecule has 2 heterocycles. The predicted molar refractivity (Wildman–Crippen MR) is 117 cm³/mol. The Morgan fingerprint density at radius 2 is 1.93 bits per heavy atom. The highest BCUT2D eigenvalue weighted by atomic mass is 16.2. The first-order valence-corrected chi connectivity index (χ1v) is 11.7. The van der Waals surface area contributed by atoms with Gasteiger partial charge in [0.2, 0.25) is 0 Å². The van der Waals surface area contributed by atoms with Crippen molar-refractivity contribution < 1.29 is 9.59 Å². The summed E-state index contributed by atoms with van der Waals surface area (Å²) in [6.45, 7) is 14.9. The fourth-order valence-electron chi connectivity index (χ4n) is 5.34. The largest absolute Gasteiger partial charge is 0.334 e. The second-order valence-electron chi connectivity index (χ2n) is 9.12. The van der Waals surface area contributed by atoms with Gasteiger partial charge in [-0.2, -0.15) is 0 Å². The van der Waals surface area contributed by atoms with E-state index in [1.54, 1.807) is 0 Å². The minimum absolute atomic E-state index is 0.0518. The highest BCUT2D eigenvalue weighted by Crippen LogP contribution is 2.35. The molecule has 3 aliphatic rings. The van der Waals surface area contributed by atoms with E-state index < -0.39 is 0 Å². The lowest BCUT2D eigenvalue weighted by Crippen LogP contribution is -2.59. The maximum absolute atomic E-state index is 13.0. The first-order chi connectivity index (χ1) is 14.0. The van der Waals surface area contributed by atoms with Crippen molar-refractivity contribution in [2.45, 2.75) is 70.9 Å². The maximum Gasteiger partial charge on any atom is 0.317 e. The quantitative estimate of drug-likeness (QED) is 0.663. The third-order valence-corrected chi connectivity index (χ3v) is 6.99. The fourth-order valence-corrected chi connectivity index (χ4v) is 5.34. The number of hydrogen-bond donors (Lipinski definition) is 1. The average Bonchev–Trinajstić information content (AvgIpc) is 2.71. The molecule has 0 aromatic rings. The Balaban J connectivity index is 1.55. The molecule has 2 aliphatic heterocycles. The Bertz CT molecular complexity index is 587. The average molecular weight is 405 g/mol. The molecule has 2 amide bonds. The summed E-state index contributed by atoms with van der Waals surface area (Å²) in [4.78, 5) is 32.1. The van der Waals surface area contributed by atoms with E-state index >= 15 is 0 Å². The second kappa shape index (κ2) is 10.6. The lowest BCUT2D eigenvalue weighted by Gasteiger charge is -2.47. The number of amides is 2. The van der Waals surface area contributed by atoms with Gasteiger partial charge < -0.3 is 15.1 Å². The van der Waals surface area contributed by atoms with Gasteiger partial charge in [0.15, 0.2) is 5.78 Å². The standard InChI is InChI=1S/C23H40N4O2/c1-4-9-27-17-20(15-19-16-22(28)18(3)14-21(19)27)24-23(29)26(5-2)13-12-25-10-7-6-8-11-25/h19-21H,3-17H2,1-2H3,(H,24,29)/t19-,20+,21-/m1/s1. The van der Waals surface area contributed by atoms with Crippen molar-refractivity contribution >= 4 is 11.8 Å². The van der Waals surface area contributed by atoms with Gasteiger partial charge in [0.05, 0.1) is 0 Å². The summed E-state index contributed by atoms with van der Waals surface area (Å²) in [5.41, 5.74) is 0.782. The summed E-state index contributed by atoms with van der Waals surface area (Å²) in [6.07, 6.45) is 7.26. The van der Waals surface area contributed by atoms with E-state index in [9.17, 15) is 9.59 Å². The van der Waals surface area contributed by atoms with E-state index in [1.807, 2.05) is 4.90 Å². The lowest BCUT2D eigenvalue weighted by atomic mass is 9.74. The third-order valence-electron chi connectivity index (χ3n) is 6.99. The minimum Gasteiger partial charge on any atom is -0.334 e. The number of urea groups is 1. The molecule has 0 aromatic heterocycles. The maximum atomic E-state index is 13.0. The molecule has 0 spiro atoms. The monoisotopic (exact) mass is 404 g/mol. The van der Waals surface area contributed by atoms with Gasteiger partial charge in [0.1, 0.15) is 0 Å². The number of Topliss-reactive ketones (excluding diaryl/α,β-unsaturated/α-hetero) is 1. The molecule has 6 nitrogen and oxygen atoms in total. The van der Waals surface area contributed by atoms with Gasteiger partial charge >= 0.3 is 6.03 Å². The number of rotatable bonds is 7. The molecule has 0 aromatic carbocycles. The molecule has 1 N–H and O–H groups in total. The summed E-state index contributed by atoms with van der Waals surface area (Å²) in [6, 6.07) is 0.587. The number of likely N-dealkylation sites (tertiary alicyclic amines) is 2. The zero-order chi connectivity index (χ0) is 20.8. The summed E-state index contributed by atoms with van der Waals surface area (Å²) >= 11 is 0. The van der Waals surface area contributed by atoms with Crippen molar-refractivity contribution in [3.63, 3.8) is 0 Å². The smallest absolute Gasteiger partial charge is 0.317 e. The zero-order valence-corrected chi connectivity index (χ0v) is 18.5. The van der Waals surface area contributed by atoms with Gasteiger partial charge in [-0.1, -0.05) is 19.9 Å². The molecule has 29 heavy (non-hydrogen) atoms. The highest BCUT2D eigenvalue weighted by molar-refractivity contribution is 5.95. The number of piperidine rings is 2. The molecule has 1 saturated carbocycles. The molecular formula is C23H40N4O2. The van der Waals surface area contributed by atoms with Crippen LogP contribution in [0.25, 0.3) is 0 Å². The van der Waals surface area contributed by atoms with Crippen LogP contribution in [0.5, 0.6) is 0 Å². The molecule has 0 radical (unpaired) electrons. The van der Waals surface area contributed by atoms with Gasteiger partial charge in [-0.3, -0.25) is 9.69 Å². The summed E-state index contributed by atoms with van der Waals surface area (Å²) in [7, 11) is 0. The van der Waals surface area contributed by atoms with Gasteiger partial charge in [-0.25, -0.2) is 4.79 Å². The highest BCUT2D eigenvalue weighted by Gasteiger charge is 2.41. The van der Waals surface area contributed by atoms with Crippen LogP contribution in [0, 0.1) is 5.92 Å². The van der Waals surface area contributed by atoms with E-state index in [4.69, 9.17) is 0 Å². The molecular weight excluding hydrogens is 364 g/mol. The van der Waals surface area contributed by atoms with Crippen LogP contribution >= 0.6 is 0 Å². The van der Waals surface area contributed by atoms with Crippen molar-refractivity contribution in [2.24, 2.45) is 5.92 Å². The van der Waals surface area contributed by atoms with Crippen molar-refractivity contribution in [3.8, 4) is 0 Å². The topological polar surface area (TPSA) is 55.9 Å². The number of nitrogens with zero attached hydrogens (tertiary/aromatic N) is 3. The van der Waals surface area contributed by atoms with Crippen molar-refractivity contribution in [1.82, 2.24) is 20.0 Å². The molecule has 0 bridgehead atoms. The van der Waals surface area contributed by atoms with E-state index in [-0.39, 0.29) is 17.9 Å². The van der Waals surface area contributed by atoms with E-state index in [1.165, 1.54) is 19.3 Å². The summed E-state index contributed by atoms with van der Waals surface area (Å²) < 4.78 is 0. The van der Waals surface area contributed by atoms with Crippen LogP contribution in [-0.2, 0) is 4.79 Å². The molecule has 2 saturated heterocycles. The summed E-state index contributed by atoms with van der Waals surface area (Å²) in [5, 5.41) is 3.30. The van der Waals surface area contributed by atoms with Crippen LogP contribution in [0.2, 0.25) is 0 Å². The number of likely N-dealkylation sites (N-methyl/N-ethyl adjacent to an activating group) is 1. The Morgan fingerprint density at radius 3 is 2.62 bits per heavy atom. The molecule has 0 unspecified atom stereocenters. The summed E-state index contributed by atoms with van der Waals surface area (Å²) in [5.74, 6) is 0.549. The Kier molecular flexibility index (Phi) is 8.13. The predicted octanol–water partition coefficient (Wildman–Crippen LogP) is 2.89. The van der Waals surface area contributed by atoms with Crippen LogP contribution in [0.15, 0.2) is 12.2 Å². The van der Waals surface area contributed by atoms with Gasteiger partial charge in [0, 0.05) is 44.7 Å². The first kappa shape index (κ1) is 22.3. The van der Waals surface area contributed by atoms with Crippen molar-refractivity contribution in [2.75, 3.05) is 45.8 Å². The number of carbonyl (C=O) groups excluding carboxylic acids is 2. The molecule has 6 heteroatoms. The van der Waals surface area contributed by atoms with Gasteiger partial charge in [0.25, 0.3) is 0 Å². The van der Waals surface area contributed by atoms with Crippen molar-refractivity contribution in [1.29, 1.82) is 0 Å². The second-order valence-corrected chi connectivity index (χ2v) is 9.12. The van der Waals surface area contributed by atoms with Gasteiger partial charge in [-0.15, -0.1) is 0 Å². The molecule has 3 fully saturated rings. The van der Waals surface area contributed by atoms with Crippen LogP contribution in [0.1, 0.15) is 58.8 Å². The SMILES string of the molecule is C=C1C[C@@H]2[C@@H](CC1=O)C[C@H](NC(=O)N(CC)CCN1CCCCC1)CN2CCC. The number of hydrogen-bond acceptors (Lipinski definition) is 4. The fraction of sp³-hybridized carbons (Fsp3) is 0.826. The van der Waals surface area contributed by atoms with E-state index in [0.29, 0.717) is 18.4 Å². The lowest BCUT2D eigenvalue weighted by molar-refractivity contribution is -0.119. The Labute approximate surface area is 176 Å². The zero-order valence-electron chi connectivity index (χ0n) is 18.5. The number of ketones is 1. The minimum atomic E-state index is 0.0518.